The number of hydrogen-bond acceptors (Lipinski definition) is 5. The molecule has 0 aliphatic rings. The number of hydrogen-bond donors (Lipinski definition) is 1. The average molecular weight is 388 g/mol. The Bertz CT molecular complexity index is 900. The first-order valence-corrected chi connectivity index (χ1v) is 9.38. The predicted molar refractivity (Wildman–Crippen MR) is 103 cm³/mol. The van der Waals surface area contributed by atoms with Crippen molar-refractivity contribution in [2.45, 2.75) is 18.1 Å². The SMILES string of the molecule is C[C@H](NC(=O)CSc1nnc(-c2ccncc2)n1C)c1cccc(Cl)c1. The fourth-order valence-electron chi connectivity index (χ4n) is 2.47. The largest absolute Gasteiger partial charge is 0.349 e. The Morgan fingerprint density at radius 2 is 2.04 bits per heavy atom. The second-order valence-electron chi connectivity index (χ2n) is 5.73. The van der Waals surface area contributed by atoms with Crippen molar-refractivity contribution in [2.24, 2.45) is 7.05 Å². The van der Waals surface area contributed by atoms with Crippen molar-refractivity contribution in [3.8, 4) is 11.4 Å². The molecule has 26 heavy (non-hydrogen) atoms. The number of nitrogens with one attached hydrogen (secondary N) is 1. The van der Waals surface area contributed by atoms with E-state index in [0.717, 1.165) is 17.0 Å². The number of carbonyl (C=O) groups is 1. The van der Waals surface area contributed by atoms with Crippen molar-refractivity contribution in [1.82, 2.24) is 25.1 Å². The van der Waals surface area contributed by atoms with Crippen molar-refractivity contribution in [3.05, 3.63) is 59.4 Å². The fraction of sp³-hybridized carbons (Fsp3) is 0.222. The maximum atomic E-state index is 12.2. The van der Waals surface area contributed by atoms with Crippen LogP contribution in [-0.2, 0) is 11.8 Å². The van der Waals surface area contributed by atoms with E-state index in [1.165, 1.54) is 11.8 Å². The summed E-state index contributed by atoms with van der Waals surface area (Å²) in [6, 6.07) is 11.1. The summed E-state index contributed by atoms with van der Waals surface area (Å²) in [4.78, 5) is 16.2. The van der Waals surface area contributed by atoms with Crippen LogP contribution in [0.1, 0.15) is 18.5 Å². The van der Waals surface area contributed by atoms with Crippen molar-refractivity contribution < 1.29 is 4.79 Å². The number of pyridine rings is 1. The Morgan fingerprint density at radius 1 is 1.27 bits per heavy atom. The lowest BCUT2D eigenvalue weighted by Crippen LogP contribution is -2.28. The highest BCUT2D eigenvalue weighted by atomic mass is 35.5. The summed E-state index contributed by atoms with van der Waals surface area (Å²) in [5.74, 6) is 0.922. The zero-order valence-corrected chi connectivity index (χ0v) is 16.0. The zero-order valence-electron chi connectivity index (χ0n) is 14.4. The van der Waals surface area contributed by atoms with Gasteiger partial charge in [0.15, 0.2) is 11.0 Å². The molecular weight excluding hydrogens is 370 g/mol. The zero-order chi connectivity index (χ0) is 18.5. The number of benzene rings is 1. The van der Waals surface area contributed by atoms with E-state index < -0.39 is 0 Å². The number of aromatic nitrogens is 4. The van der Waals surface area contributed by atoms with E-state index in [2.05, 4.69) is 20.5 Å². The highest BCUT2D eigenvalue weighted by molar-refractivity contribution is 7.99. The molecule has 0 aliphatic carbocycles. The minimum Gasteiger partial charge on any atom is -0.349 e. The molecule has 0 aliphatic heterocycles. The van der Waals surface area contributed by atoms with Crippen LogP contribution in [0.15, 0.2) is 53.9 Å². The standard InChI is InChI=1S/C18H18ClN5OS/c1-12(14-4-3-5-15(19)10-14)21-16(25)11-26-18-23-22-17(24(18)2)13-6-8-20-9-7-13/h3-10,12H,11H2,1-2H3,(H,21,25)/t12-/m0/s1. The van der Waals surface area contributed by atoms with Gasteiger partial charge < -0.3 is 9.88 Å². The minimum absolute atomic E-state index is 0.0732. The van der Waals surface area contributed by atoms with Gasteiger partial charge in [0.2, 0.25) is 5.91 Å². The van der Waals surface area contributed by atoms with Crippen LogP contribution in [0, 0.1) is 0 Å². The van der Waals surface area contributed by atoms with Crippen LogP contribution < -0.4 is 5.32 Å². The van der Waals surface area contributed by atoms with Gasteiger partial charge in [-0.2, -0.15) is 0 Å². The summed E-state index contributed by atoms with van der Waals surface area (Å²) in [5, 5.41) is 12.7. The highest BCUT2D eigenvalue weighted by Crippen LogP contribution is 2.22. The van der Waals surface area contributed by atoms with Gasteiger partial charge in [-0.1, -0.05) is 35.5 Å². The molecule has 3 rings (SSSR count). The third-order valence-electron chi connectivity index (χ3n) is 3.83. The van der Waals surface area contributed by atoms with Crippen molar-refractivity contribution in [1.29, 1.82) is 0 Å². The molecule has 1 atom stereocenters. The van der Waals surface area contributed by atoms with Crippen LogP contribution in [0.4, 0.5) is 0 Å². The molecule has 8 heteroatoms. The summed E-state index contributed by atoms with van der Waals surface area (Å²) < 4.78 is 1.87. The normalized spacial score (nSPS) is 12.0. The van der Waals surface area contributed by atoms with E-state index in [1.54, 1.807) is 12.4 Å². The molecule has 134 valence electrons. The summed E-state index contributed by atoms with van der Waals surface area (Å²) >= 11 is 7.34. The molecule has 6 nitrogen and oxygen atoms in total. The quantitative estimate of drug-likeness (QED) is 0.655. The van der Waals surface area contributed by atoms with Gasteiger partial charge in [-0.25, -0.2) is 0 Å². The molecule has 0 unspecified atom stereocenters. The Balaban J connectivity index is 1.59. The first-order chi connectivity index (χ1) is 12.5. The van der Waals surface area contributed by atoms with Crippen molar-refractivity contribution >= 4 is 29.3 Å². The van der Waals surface area contributed by atoms with Crippen LogP contribution >= 0.6 is 23.4 Å². The van der Waals surface area contributed by atoms with Gasteiger partial charge in [-0.3, -0.25) is 9.78 Å². The van der Waals surface area contributed by atoms with Crippen LogP contribution in [0.25, 0.3) is 11.4 Å². The molecule has 0 saturated heterocycles. The molecule has 0 radical (unpaired) electrons. The Morgan fingerprint density at radius 3 is 2.77 bits per heavy atom. The lowest BCUT2D eigenvalue weighted by Gasteiger charge is -2.14. The lowest BCUT2D eigenvalue weighted by molar-refractivity contribution is -0.119. The van der Waals surface area contributed by atoms with E-state index >= 15 is 0 Å². The number of nitrogens with zero attached hydrogens (tertiary/aromatic N) is 4. The van der Waals surface area contributed by atoms with Gasteiger partial charge in [0, 0.05) is 30.0 Å². The van der Waals surface area contributed by atoms with Crippen molar-refractivity contribution in [3.63, 3.8) is 0 Å². The molecule has 0 bridgehead atoms. The van der Waals surface area contributed by atoms with Gasteiger partial charge in [-0.15, -0.1) is 10.2 Å². The maximum Gasteiger partial charge on any atom is 0.230 e. The summed E-state index contributed by atoms with van der Waals surface area (Å²) in [5.41, 5.74) is 1.90. The second kappa shape index (κ2) is 8.33. The first-order valence-electron chi connectivity index (χ1n) is 8.02. The van der Waals surface area contributed by atoms with Crippen LogP contribution in [-0.4, -0.2) is 31.4 Å². The fourth-order valence-corrected chi connectivity index (χ4v) is 3.39. The molecule has 3 aromatic rings. The first kappa shape index (κ1) is 18.4. The van der Waals surface area contributed by atoms with E-state index in [4.69, 9.17) is 11.6 Å². The Kier molecular flexibility index (Phi) is 5.90. The molecule has 2 heterocycles. The Hall–Kier alpha value is -2.38. The lowest BCUT2D eigenvalue weighted by atomic mass is 10.1. The summed E-state index contributed by atoms with van der Waals surface area (Å²) in [6.07, 6.45) is 3.42. The Labute approximate surface area is 161 Å². The molecule has 0 fully saturated rings. The number of halogens is 1. The van der Waals surface area contributed by atoms with Crippen molar-refractivity contribution in [2.75, 3.05) is 5.75 Å². The topological polar surface area (TPSA) is 72.7 Å². The molecule has 0 spiro atoms. The number of carbonyl (C=O) groups excluding carboxylic acids is 1. The molecule has 0 saturated carbocycles. The van der Waals surface area contributed by atoms with Crippen LogP contribution in [0.2, 0.25) is 5.02 Å². The summed E-state index contributed by atoms with van der Waals surface area (Å²) in [7, 11) is 1.88. The maximum absolute atomic E-state index is 12.2. The number of thioether (sulfide) groups is 1. The van der Waals surface area contributed by atoms with Gasteiger partial charge >= 0.3 is 0 Å². The molecule has 1 amide bonds. The predicted octanol–water partition coefficient (Wildman–Crippen LogP) is 3.50. The number of rotatable bonds is 6. The monoisotopic (exact) mass is 387 g/mol. The van der Waals surface area contributed by atoms with Crippen LogP contribution in [0.3, 0.4) is 0 Å². The average Bonchev–Trinajstić information content (AvgIpc) is 3.01. The third-order valence-corrected chi connectivity index (χ3v) is 5.09. The highest BCUT2D eigenvalue weighted by Gasteiger charge is 2.14. The third kappa shape index (κ3) is 4.42. The molecule has 1 N–H and O–H groups in total. The van der Waals surface area contributed by atoms with Gasteiger partial charge in [0.25, 0.3) is 0 Å². The number of amides is 1. The molecule has 1 aromatic carbocycles. The van der Waals surface area contributed by atoms with Gasteiger partial charge in [0.05, 0.1) is 11.8 Å². The molecular formula is C18H18ClN5OS. The van der Waals surface area contributed by atoms with E-state index in [9.17, 15) is 4.79 Å². The smallest absolute Gasteiger partial charge is 0.230 e. The molecule has 2 aromatic heterocycles. The van der Waals surface area contributed by atoms with E-state index in [0.29, 0.717) is 10.2 Å². The van der Waals surface area contributed by atoms with Gasteiger partial charge in [0.1, 0.15) is 0 Å². The van der Waals surface area contributed by atoms with E-state index in [-0.39, 0.29) is 17.7 Å². The minimum atomic E-state index is -0.117. The van der Waals surface area contributed by atoms with Gasteiger partial charge in [-0.05, 0) is 36.8 Å². The second-order valence-corrected chi connectivity index (χ2v) is 7.11. The summed E-state index contributed by atoms with van der Waals surface area (Å²) in [6.45, 7) is 1.93. The van der Waals surface area contributed by atoms with E-state index in [1.807, 2.05) is 54.9 Å². The van der Waals surface area contributed by atoms with Crippen LogP contribution in [0.5, 0.6) is 0 Å².